The standard InChI is InChI=1S/C20H17FN2O3S/c21-18-10-6-17(7-11-18)15-26-19-12-8-16(9-13-19)14-22-23-27(24,25)20-4-2-1-3-5-20/h1-14,23H,15H2. The second-order valence-corrected chi connectivity index (χ2v) is 7.31. The van der Waals surface area contributed by atoms with Crippen molar-refractivity contribution in [3.63, 3.8) is 0 Å². The molecule has 0 radical (unpaired) electrons. The molecule has 3 rings (SSSR count). The summed E-state index contributed by atoms with van der Waals surface area (Å²) in [6, 6.07) is 21.1. The lowest BCUT2D eigenvalue weighted by Crippen LogP contribution is -2.18. The third-order valence-electron chi connectivity index (χ3n) is 3.64. The second kappa shape index (κ2) is 8.46. The summed E-state index contributed by atoms with van der Waals surface area (Å²) in [4.78, 5) is 2.31. The van der Waals surface area contributed by atoms with Crippen LogP contribution in [0.5, 0.6) is 5.75 Å². The number of hydrogen-bond donors (Lipinski definition) is 1. The lowest BCUT2D eigenvalue weighted by molar-refractivity contribution is 0.306. The molecule has 0 saturated heterocycles. The molecule has 0 atom stereocenters. The highest BCUT2D eigenvalue weighted by Crippen LogP contribution is 2.14. The molecule has 0 saturated carbocycles. The molecule has 0 spiro atoms. The van der Waals surface area contributed by atoms with E-state index < -0.39 is 10.0 Å². The van der Waals surface area contributed by atoms with Gasteiger partial charge in [-0.25, -0.2) is 9.22 Å². The van der Waals surface area contributed by atoms with Crippen LogP contribution in [0.15, 0.2) is 88.9 Å². The van der Waals surface area contributed by atoms with E-state index in [-0.39, 0.29) is 10.7 Å². The second-order valence-electron chi connectivity index (χ2n) is 5.65. The fraction of sp³-hybridized carbons (Fsp3) is 0.0500. The SMILES string of the molecule is O=S(=O)(NN=Cc1ccc(OCc2ccc(F)cc2)cc1)c1ccccc1. The third kappa shape index (κ3) is 5.39. The van der Waals surface area contributed by atoms with Gasteiger partial charge in [0.1, 0.15) is 18.2 Å². The smallest absolute Gasteiger partial charge is 0.276 e. The Morgan fingerprint density at radius 2 is 1.59 bits per heavy atom. The van der Waals surface area contributed by atoms with Gasteiger partial charge in [-0.3, -0.25) is 0 Å². The zero-order valence-corrected chi connectivity index (χ0v) is 15.1. The van der Waals surface area contributed by atoms with Gasteiger partial charge in [-0.05, 0) is 59.7 Å². The van der Waals surface area contributed by atoms with Crippen molar-refractivity contribution in [2.45, 2.75) is 11.5 Å². The van der Waals surface area contributed by atoms with E-state index in [1.165, 1.54) is 30.5 Å². The maximum Gasteiger partial charge on any atom is 0.276 e. The number of hydrogen-bond acceptors (Lipinski definition) is 4. The van der Waals surface area contributed by atoms with Crippen LogP contribution in [-0.4, -0.2) is 14.6 Å². The van der Waals surface area contributed by atoms with Gasteiger partial charge in [0.05, 0.1) is 11.1 Å². The molecule has 138 valence electrons. The minimum absolute atomic E-state index is 0.145. The lowest BCUT2D eigenvalue weighted by Gasteiger charge is -2.06. The highest BCUT2D eigenvalue weighted by atomic mass is 32.2. The molecule has 0 fully saturated rings. The van der Waals surface area contributed by atoms with Crippen molar-refractivity contribution in [3.05, 3.63) is 95.8 Å². The zero-order valence-electron chi connectivity index (χ0n) is 14.2. The summed E-state index contributed by atoms with van der Waals surface area (Å²) in [7, 11) is -3.68. The van der Waals surface area contributed by atoms with Crippen LogP contribution < -0.4 is 9.57 Å². The summed E-state index contributed by atoms with van der Waals surface area (Å²) < 4.78 is 42.6. The summed E-state index contributed by atoms with van der Waals surface area (Å²) in [6.07, 6.45) is 1.41. The molecule has 3 aromatic carbocycles. The van der Waals surface area contributed by atoms with Gasteiger partial charge in [0.2, 0.25) is 0 Å². The monoisotopic (exact) mass is 384 g/mol. The molecule has 0 bridgehead atoms. The molecule has 0 heterocycles. The highest BCUT2D eigenvalue weighted by Gasteiger charge is 2.10. The summed E-state index contributed by atoms with van der Waals surface area (Å²) in [6.45, 7) is 0.324. The topological polar surface area (TPSA) is 67.8 Å². The first-order chi connectivity index (χ1) is 13.0. The van der Waals surface area contributed by atoms with E-state index in [2.05, 4.69) is 9.93 Å². The van der Waals surface area contributed by atoms with Crippen LogP contribution in [0, 0.1) is 5.82 Å². The van der Waals surface area contributed by atoms with Crippen LogP contribution in [0.3, 0.4) is 0 Å². The predicted octanol–water partition coefficient (Wildman–Crippen LogP) is 3.72. The van der Waals surface area contributed by atoms with E-state index in [4.69, 9.17) is 4.74 Å². The Kier molecular flexibility index (Phi) is 5.83. The van der Waals surface area contributed by atoms with Crippen molar-refractivity contribution >= 4 is 16.2 Å². The molecule has 27 heavy (non-hydrogen) atoms. The van der Waals surface area contributed by atoms with E-state index in [0.717, 1.165) is 5.56 Å². The van der Waals surface area contributed by atoms with E-state index in [1.807, 2.05) is 0 Å². The Bertz CT molecular complexity index is 1000. The largest absolute Gasteiger partial charge is 0.489 e. The number of nitrogens with zero attached hydrogens (tertiary/aromatic N) is 1. The summed E-state index contributed by atoms with van der Waals surface area (Å²) >= 11 is 0. The molecule has 0 aliphatic rings. The molecule has 1 N–H and O–H groups in total. The van der Waals surface area contributed by atoms with E-state index >= 15 is 0 Å². The Balaban J connectivity index is 1.55. The van der Waals surface area contributed by atoms with Crippen LogP contribution in [0.2, 0.25) is 0 Å². The molecule has 5 nitrogen and oxygen atoms in total. The van der Waals surface area contributed by atoms with Crippen molar-refractivity contribution in [2.24, 2.45) is 5.10 Å². The minimum Gasteiger partial charge on any atom is -0.489 e. The number of rotatable bonds is 7. The molecule has 3 aromatic rings. The maximum atomic E-state index is 12.9. The molecule has 0 amide bonds. The van der Waals surface area contributed by atoms with Gasteiger partial charge < -0.3 is 4.74 Å². The van der Waals surface area contributed by atoms with Crippen molar-refractivity contribution in [1.29, 1.82) is 0 Å². The minimum atomic E-state index is -3.68. The molecule has 0 unspecified atom stereocenters. The average molecular weight is 384 g/mol. The number of nitrogens with one attached hydrogen (secondary N) is 1. The lowest BCUT2D eigenvalue weighted by atomic mass is 10.2. The molecule has 0 aliphatic heterocycles. The number of sulfonamides is 1. The van der Waals surface area contributed by atoms with Crippen LogP contribution in [-0.2, 0) is 16.6 Å². The van der Waals surface area contributed by atoms with Crippen LogP contribution in [0.4, 0.5) is 4.39 Å². The van der Waals surface area contributed by atoms with Gasteiger partial charge in [0.15, 0.2) is 0 Å². The first-order valence-electron chi connectivity index (χ1n) is 8.10. The van der Waals surface area contributed by atoms with Gasteiger partial charge in [-0.2, -0.15) is 13.5 Å². The van der Waals surface area contributed by atoms with Crippen molar-refractivity contribution in [1.82, 2.24) is 4.83 Å². The Morgan fingerprint density at radius 1 is 0.926 bits per heavy atom. The molecule has 7 heteroatoms. The third-order valence-corrected chi connectivity index (χ3v) is 4.88. The molecule has 0 aromatic heterocycles. The number of halogens is 1. The number of hydrazone groups is 1. The summed E-state index contributed by atoms with van der Waals surface area (Å²) in [5.74, 6) is 0.353. The van der Waals surface area contributed by atoms with E-state index in [0.29, 0.717) is 17.9 Å². The van der Waals surface area contributed by atoms with Crippen LogP contribution in [0.25, 0.3) is 0 Å². The first kappa shape index (κ1) is 18.6. The zero-order chi connectivity index (χ0) is 19.1. The van der Waals surface area contributed by atoms with Crippen molar-refractivity contribution in [2.75, 3.05) is 0 Å². The highest BCUT2D eigenvalue weighted by molar-refractivity contribution is 7.89. The Morgan fingerprint density at radius 3 is 2.26 bits per heavy atom. The average Bonchev–Trinajstić information content (AvgIpc) is 2.69. The molecular formula is C20H17FN2O3S. The Hall–Kier alpha value is -3.19. The first-order valence-corrected chi connectivity index (χ1v) is 9.58. The predicted molar refractivity (Wildman–Crippen MR) is 102 cm³/mol. The van der Waals surface area contributed by atoms with Gasteiger partial charge in [-0.1, -0.05) is 30.3 Å². The quantitative estimate of drug-likeness (QED) is 0.499. The van der Waals surface area contributed by atoms with Gasteiger partial charge in [0, 0.05) is 0 Å². The fourth-order valence-electron chi connectivity index (χ4n) is 2.22. The number of benzene rings is 3. The fourth-order valence-corrected chi connectivity index (χ4v) is 3.03. The maximum absolute atomic E-state index is 12.9. The van der Waals surface area contributed by atoms with Crippen molar-refractivity contribution in [3.8, 4) is 5.75 Å². The van der Waals surface area contributed by atoms with Crippen LogP contribution in [0.1, 0.15) is 11.1 Å². The molecular weight excluding hydrogens is 367 g/mol. The van der Waals surface area contributed by atoms with Crippen molar-refractivity contribution < 1.29 is 17.5 Å². The Labute approximate surface area is 157 Å². The normalized spacial score (nSPS) is 11.4. The number of ether oxygens (including phenoxy) is 1. The van der Waals surface area contributed by atoms with Gasteiger partial charge in [-0.15, -0.1) is 0 Å². The van der Waals surface area contributed by atoms with Crippen LogP contribution >= 0.6 is 0 Å². The van der Waals surface area contributed by atoms with Gasteiger partial charge in [0.25, 0.3) is 10.0 Å². The summed E-state index contributed by atoms with van der Waals surface area (Å²) in [5, 5.41) is 3.78. The van der Waals surface area contributed by atoms with E-state index in [1.54, 1.807) is 54.6 Å². The van der Waals surface area contributed by atoms with Gasteiger partial charge >= 0.3 is 0 Å². The molecule has 0 aliphatic carbocycles. The summed E-state index contributed by atoms with van der Waals surface area (Å²) in [5.41, 5.74) is 1.57. The van der Waals surface area contributed by atoms with E-state index in [9.17, 15) is 12.8 Å².